The van der Waals surface area contributed by atoms with Gasteiger partial charge in [0.05, 0.1) is 31.3 Å². The number of aliphatic hydroxyl groups excluding tert-OH is 4. The van der Waals surface area contributed by atoms with Gasteiger partial charge in [0.2, 0.25) is 0 Å². The summed E-state index contributed by atoms with van der Waals surface area (Å²) in [7, 11) is 0. The van der Waals surface area contributed by atoms with E-state index in [1.54, 1.807) is 0 Å². The third kappa shape index (κ3) is 21.2. The molecule has 0 bridgehead atoms. The predicted octanol–water partition coefficient (Wildman–Crippen LogP) is -0.732. The third-order valence-corrected chi connectivity index (χ3v) is 2.32. The van der Waals surface area contributed by atoms with E-state index in [-0.39, 0.29) is 0 Å². The molecule has 10 nitrogen and oxygen atoms in total. The lowest BCUT2D eigenvalue weighted by molar-refractivity contribution is -0.132. The molecule has 0 aromatic heterocycles. The maximum atomic E-state index is 9.25. The largest absolute Gasteiger partial charge is 0.478 e. The second kappa shape index (κ2) is 20.3. The Morgan fingerprint density at radius 2 is 0.923 bits per heavy atom. The van der Waals surface area contributed by atoms with Crippen LogP contribution in [0.2, 0.25) is 0 Å². The van der Waals surface area contributed by atoms with Crippen molar-refractivity contribution in [2.45, 2.75) is 6.10 Å². The number of carboxylic acids is 3. The minimum atomic E-state index is -1.26. The van der Waals surface area contributed by atoms with Crippen LogP contribution in [0.25, 0.3) is 0 Å². The molecule has 0 saturated heterocycles. The van der Waals surface area contributed by atoms with Crippen LogP contribution in [-0.2, 0) is 14.4 Å². The van der Waals surface area contributed by atoms with Crippen molar-refractivity contribution < 1.29 is 50.1 Å². The average molecular weight is 378 g/mol. The molecule has 0 heterocycles. The molecule has 0 rings (SSSR count). The highest BCUT2D eigenvalue weighted by molar-refractivity contribution is 5.79. The fourth-order valence-corrected chi connectivity index (χ4v) is 0.681. The van der Waals surface area contributed by atoms with E-state index in [0.29, 0.717) is 0 Å². The minimum Gasteiger partial charge on any atom is -0.478 e. The summed E-state index contributed by atoms with van der Waals surface area (Å²) in [5, 5.41) is 58.2. The predicted molar refractivity (Wildman–Crippen MR) is 93.4 cm³/mol. The summed E-state index contributed by atoms with van der Waals surface area (Å²) in [5.41, 5.74) is -1.26. The van der Waals surface area contributed by atoms with E-state index in [9.17, 15) is 19.5 Å². The number of aliphatic hydroxyl groups is 4. The van der Waals surface area contributed by atoms with Gasteiger partial charge in [0.15, 0.2) is 0 Å². The fraction of sp³-hybridized carbons (Fsp3) is 0.312. The summed E-state index contributed by atoms with van der Waals surface area (Å²) in [4.78, 5) is 27.8. The molecule has 10 heteroatoms. The summed E-state index contributed by atoms with van der Waals surface area (Å²) >= 11 is 0. The number of aliphatic carboxylic acids is 3. The van der Waals surface area contributed by atoms with Gasteiger partial charge in [-0.2, -0.15) is 0 Å². The molecule has 26 heavy (non-hydrogen) atoms. The lowest BCUT2D eigenvalue weighted by Gasteiger charge is -2.30. The van der Waals surface area contributed by atoms with Crippen molar-refractivity contribution in [3.8, 4) is 0 Å². The third-order valence-electron chi connectivity index (χ3n) is 2.32. The number of carboxylic acid groups (broad SMARTS) is 3. The van der Waals surface area contributed by atoms with Gasteiger partial charge in [0.25, 0.3) is 0 Å². The molecule has 7 N–H and O–H groups in total. The van der Waals surface area contributed by atoms with Crippen molar-refractivity contribution >= 4 is 17.9 Å². The molecule has 0 saturated carbocycles. The van der Waals surface area contributed by atoms with Crippen LogP contribution in [0.4, 0.5) is 0 Å². The Morgan fingerprint density at radius 3 is 0.962 bits per heavy atom. The van der Waals surface area contributed by atoms with E-state index < -0.39 is 49.2 Å². The first-order chi connectivity index (χ1) is 12.0. The van der Waals surface area contributed by atoms with E-state index in [1.165, 1.54) is 6.08 Å². The van der Waals surface area contributed by atoms with Crippen LogP contribution in [0.15, 0.2) is 50.6 Å². The molecule has 150 valence electrons. The standard InChI is InChI=1S/C7H14O4.3C3H4O2/c1-2-6(11)7(3-8,4-9)5-10;3*1-2-3(4)5/h2,6,8-11H,1,3-5H2;3*2H,1H2,(H,4,5). The Labute approximate surface area is 151 Å². The molecule has 0 aliphatic rings. The molecule has 0 aromatic carbocycles. The van der Waals surface area contributed by atoms with Crippen LogP contribution in [0.3, 0.4) is 0 Å². The van der Waals surface area contributed by atoms with Crippen LogP contribution in [-0.4, -0.2) is 79.6 Å². The Bertz CT molecular complexity index is 401. The van der Waals surface area contributed by atoms with Crippen LogP contribution in [0, 0.1) is 5.41 Å². The number of hydrogen-bond donors (Lipinski definition) is 7. The number of carbonyl (C=O) groups is 3. The SMILES string of the molecule is C=CC(=O)O.C=CC(=O)O.C=CC(=O)O.C=CC(O)C(CO)(CO)CO. The zero-order valence-electron chi connectivity index (χ0n) is 14.2. The maximum absolute atomic E-state index is 9.25. The smallest absolute Gasteiger partial charge is 0.327 e. The summed E-state index contributed by atoms with van der Waals surface area (Å²) in [6.45, 7) is 10.7. The zero-order valence-corrected chi connectivity index (χ0v) is 14.2. The summed E-state index contributed by atoms with van der Waals surface area (Å²) in [6, 6.07) is 0. The van der Waals surface area contributed by atoms with Gasteiger partial charge < -0.3 is 35.7 Å². The molecule has 0 aliphatic carbocycles. The molecule has 0 spiro atoms. The van der Waals surface area contributed by atoms with Crippen LogP contribution in [0.1, 0.15) is 0 Å². The molecular formula is C16H26O10. The maximum Gasteiger partial charge on any atom is 0.327 e. The van der Waals surface area contributed by atoms with Crippen LogP contribution in [0.5, 0.6) is 0 Å². The van der Waals surface area contributed by atoms with Crippen molar-refractivity contribution in [3.63, 3.8) is 0 Å². The van der Waals surface area contributed by atoms with Gasteiger partial charge in [-0.1, -0.05) is 25.8 Å². The Kier molecular flexibility index (Phi) is 24.2. The minimum absolute atomic E-state index is 0.479. The topological polar surface area (TPSA) is 193 Å². The molecule has 1 unspecified atom stereocenters. The second-order valence-corrected chi connectivity index (χ2v) is 4.14. The van der Waals surface area contributed by atoms with Crippen LogP contribution < -0.4 is 0 Å². The van der Waals surface area contributed by atoms with Crippen LogP contribution >= 0.6 is 0 Å². The van der Waals surface area contributed by atoms with E-state index in [0.717, 1.165) is 18.2 Å². The molecule has 1 atom stereocenters. The van der Waals surface area contributed by atoms with Gasteiger partial charge in [-0.25, -0.2) is 14.4 Å². The average Bonchev–Trinajstić information content (AvgIpc) is 2.64. The first-order valence-corrected chi connectivity index (χ1v) is 6.67. The quantitative estimate of drug-likeness (QED) is 0.209. The zero-order chi connectivity index (χ0) is 21.8. The summed E-state index contributed by atoms with van der Waals surface area (Å²) < 4.78 is 0. The van der Waals surface area contributed by atoms with E-state index in [4.69, 9.17) is 30.6 Å². The first kappa shape index (κ1) is 31.0. The normalized spacial score (nSPS) is 9.85. The van der Waals surface area contributed by atoms with E-state index in [1.807, 2.05) is 0 Å². The summed E-state index contributed by atoms with van der Waals surface area (Å²) in [6.07, 6.45) is 2.57. The van der Waals surface area contributed by atoms with Gasteiger partial charge in [0.1, 0.15) is 0 Å². The Morgan fingerprint density at radius 1 is 0.731 bits per heavy atom. The van der Waals surface area contributed by atoms with Crippen molar-refractivity contribution in [3.05, 3.63) is 50.6 Å². The van der Waals surface area contributed by atoms with E-state index in [2.05, 4.69) is 26.3 Å². The molecule has 0 radical (unpaired) electrons. The van der Waals surface area contributed by atoms with E-state index >= 15 is 0 Å². The first-order valence-electron chi connectivity index (χ1n) is 6.67. The molecule has 0 amide bonds. The lowest BCUT2D eigenvalue weighted by Crippen LogP contribution is -2.44. The van der Waals surface area contributed by atoms with Crippen molar-refractivity contribution in [2.24, 2.45) is 5.41 Å². The lowest BCUT2D eigenvalue weighted by atomic mass is 9.84. The number of hydrogen-bond acceptors (Lipinski definition) is 7. The highest BCUT2D eigenvalue weighted by Crippen LogP contribution is 2.20. The second-order valence-electron chi connectivity index (χ2n) is 4.14. The molecule has 0 aliphatic heterocycles. The highest BCUT2D eigenvalue weighted by Gasteiger charge is 2.34. The van der Waals surface area contributed by atoms with Gasteiger partial charge >= 0.3 is 17.9 Å². The Hall–Kier alpha value is -2.79. The fourth-order valence-electron chi connectivity index (χ4n) is 0.681. The highest BCUT2D eigenvalue weighted by atomic mass is 16.4. The van der Waals surface area contributed by atoms with Crippen molar-refractivity contribution in [1.82, 2.24) is 0 Å². The summed E-state index contributed by atoms with van der Waals surface area (Å²) in [5.74, 6) is -2.94. The van der Waals surface area contributed by atoms with Gasteiger partial charge in [0, 0.05) is 18.2 Å². The Balaban J connectivity index is -0.000000136. The van der Waals surface area contributed by atoms with Crippen molar-refractivity contribution in [1.29, 1.82) is 0 Å². The van der Waals surface area contributed by atoms with Gasteiger partial charge in [-0.15, -0.1) is 6.58 Å². The monoisotopic (exact) mass is 378 g/mol. The molecular weight excluding hydrogens is 352 g/mol. The van der Waals surface area contributed by atoms with Gasteiger partial charge in [-0.05, 0) is 0 Å². The molecule has 0 aromatic rings. The van der Waals surface area contributed by atoms with Crippen molar-refractivity contribution in [2.75, 3.05) is 19.8 Å². The molecule has 0 fully saturated rings. The van der Waals surface area contributed by atoms with Gasteiger partial charge in [-0.3, -0.25) is 0 Å². The number of rotatable bonds is 8.